The molecule has 21 nitrogen and oxygen atoms in total. The SMILES string of the molecule is C[C@@H]1O[C@@H](OOc2cc(O)c3c(=O)c(OO[C@H]4O[C@H](C)[C@@H](O)[C@H](O)[C@@H]4O)c(-c4ccc(O)cc4)oc3c2)[C@H](O)[C@H](O[C@@H]2O[C@H](CO)[C@@H](O)[C@H](O)[C@H]2O)[C@H]1O. The summed E-state index contributed by atoms with van der Waals surface area (Å²) in [6.45, 7) is 2.02. The number of rotatable bonds is 10. The van der Waals surface area contributed by atoms with Crippen molar-refractivity contribution in [2.45, 2.75) is 106 Å². The van der Waals surface area contributed by atoms with Crippen molar-refractivity contribution in [3.8, 4) is 34.3 Å². The van der Waals surface area contributed by atoms with Crippen molar-refractivity contribution >= 4 is 11.0 Å². The number of ether oxygens (including phenoxy) is 4. The zero-order valence-corrected chi connectivity index (χ0v) is 28.3. The molecule has 2 aromatic carbocycles. The van der Waals surface area contributed by atoms with E-state index >= 15 is 0 Å². The largest absolute Gasteiger partial charge is 0.508 e. The third-order valence-corrected chi connectivity index (χ3v) is 9.23. The second kappa shape index (κ2) is 16.2. The van der Waals surface area contributed by atoms with Gasteiger partial charge in [-0.1, -0.05) is 0 Å². The number of hydrogen-bond donors (Lipinski definition) is 11. The van der Waals surface area contributed by atoms with Crippen LogP contribution in [-0.4, -0.2) is 155 Å². The highest BCUT2D eigenvalue weighted by Gasteiger charge is 2.51. The first-order chi connectivity index (χ1) is 25.6. The third kappa shape index (κ3) is 7.70. The summed E-state index contributed by atoms with van der Waals surface area (Å²) < 4.78 is 27.7. The van der Waals surface area contributed by atoms with Gasteiger partial charge in [0.15, 0.2) is 17.8 Å². The monoisotopic (exact) mass is 772 g/mol. The Labute approximate surface area is 303 Å². The van der Waals surface area contributed by atoms with Gasteiger partial charge >= 0.3 is 0 Å². The lowest BCUT2D eigenvalue weighted by Gasteiger charge is -2.45. The van der Waals surface area contributed by atoms with Crippen LogP contribution in [0.1, 0.15) is 13.8 Å². The normalized spacial score (nSPS) is 37.3. The summed E-state index contributed by atoms with van der Waals surface area (Å²) in [6, 6.07) is 7.27. The number of benzene rings is 2. The minimum Gasteiger partial charge on any atom is -0.508 e. The quantitative estimate of drug-likeness (QED) is 0.0721. The molecule has 11 N–H and O–H groups in total. The van der Waals surface area contributed by atoms with E-state index in [0.717, 1.165) is 12.1 Å². The standard InChI is InChI=1S/C33H40O21/c1-10-19(37)23(41)26(44)32(46-10)54-52-30-22(40)18-15(36)7-14(8-16(18)48-28(30)12-3-5-13(35)6-4-12)51-53-33-27(45)29(20(38)11(2)47-33)50-31-25(43)24(42)21(39)17(9-34)49-31/h3-8,10-11,17,19-21,23-27,29,31-39,41-45H,9H2,1-2H3/t10-,11+,17-,19-,20+,21-,23+,24+,25-,26+,27-,29-,31+,32-,33+/m1/s1. The molecule has 0 bridgehead atoms. The fourth-order valence-electron chi connectivity index (χ4n) is 6.05. The van der Waals surface area contributed by atoms with Crippen molar-refractivity contribution < 1.29 is 99.1 Å². The van der Waals surface area contributed by atoms with E-state index in [9.17, 15) is 61.0 Å². The summed E-state index contributed by atoms with van der Waals surface area (Å²) in [7, 11) is 0. The maximum absolute atomic E-state index is 13.8. The van der Waals surface area contributed by atoms with Crippen LogP contribution >= 0.6 is 0 Å². The van der Waals surface area contributed by atoms with Crippen LogP contribution in [0.25, 0.3) is 22.3 Å². The Kier molecular flexibility index (Phi) is 11.9. The van der Waals surface area contributed by atoms with E-state index in [-0.39, 0.29) is 28.4 Å². The number of aliphatic hydroxyl groups is 9. The number of fused-ring (bicyclic) bond motifs is 1. The molecule has 1 aromatic heterocycles. The molecule has 6 rings (SSSR count). The highest BCUT2D eigenvalue weighted by atomic mass is 17.2. The summed E-state index contributed by atoms with van der Waals surface area (Å²) in [6.07, 6.45) is -23.9. The molecule has 3 fully saturated rings. The van der Waals surface area contributed by atoms with Gasteiger partial charge in [-0.05, 0) is 38.1 Å². The van der Waals surface area contributed by atoms with Gasteiger partial charge in [0.25, 0.3) is 5.75 Å². The molecule has 21 heteroatoms. The fourth-order valence-corrected chi connectivity index (χ4v) is 6.05. The second-order valence-electron chi connectivity index (χ2n) is 13.0. The van der Waals surface area contributed by atoms with Gasteiger partial charge in [-0.2, -0.15) is 9.78 Å². The van der Waals surface area contributed by atoms with E-state index < -0.39 is 121 Å². The zero-order chi connectivity index (χ0) is 39.2. The Balaban J connectivity index is 1.24. The molecule has 3 aliphatic rings. The first kappa shape index (κ1) is 39.9. The summed E-state index contributed by atoms with van der Waals surface area (Å²) in [5.74, 6) is -2.16. The smallest absolute Gasteiger partial charge is 0.256 e. The molecule has 54 heavy (non-hydrogen) atoms. The lowest BCUT2D eigenvalue weighted by Crippen LogP contribution is -2.64. The Morgan fingerprint density at radius 1 is 0.667 bits per heavy atom. The van der Waals surface area contributed by atoms with Gasteiger partial charge in [0.05, 0.1) is 18.8 Å². The van der Waals surface area contributed by atoms with Crippen LogP contribution in [0.5, 0.6) is 23.0 Å². The Hall–Kier alpha value is -3.75. The van der Waals surface area contributed by atoms with Crippen LogP contribution in [0, 0.1) is 0 Å². The molecule has 0 spiro atoms. The average molecular weight is 773 g/mol. The van der Waals surface area contributed by atoms with Gasteiger partial charge in [-0.3, -0.25) is 4.79 Å². The van der Waals surface area contributed by atoms with Gasteiger partial charge in [-0.25, -0.2) is 0 Å². The van der Waals surface area contributed by atoms with Crippen molar-refractivity contribution in [1.29, 1.82) is 0 Å². The minimum absolute atomic E-state index is 0.138. The first-order valence-corrected chi connectivity index (χ1v) is 16.6. The lowest BCUT2D eigenvalue weighted by atomic mass is 9.97. The molecule has 4 heterocycles. The minimum atomic E-state index is -1.87. The Morgan fingerprint density at radius 3 is 1.93 bits per heavy atom. The van der Waals surface area contributed by atoms with Gasteiger partial charge in [-0.15, -0.1) is 0 Å². The average Bonchev–Trinajstić information content (AvgIpc) is 3.14. The summed E-state index contributed by atoms with van der Waals surface area (Å²) in [5.41, 5.74) is -1.17. The summed E-state index contributed by atoms with van der Waals surface area (Å²) in [4.78, 5) is 34.8. The lowest BCUT2D eigenvalue weighted by molar-refractivity contribution is -0.401. The number of phenols is 2. The third-order valence-electron chi connectivity index (χ3n) is 9.23. The predicted octanol–water partition coefficient (Wildman–Crippen LogP) is -3.03. The molecule has 3 aromatic rings. The number of phenolic OH excluding ortho intramolecular Hbond substituents is 2. The molecular formula is C33H40O21. The molecule has 3 saturated heterocycles. The topological polar surface area (TPSA) is 327 Å². The van der Waals surface area contributed by atoms with Crippen molar-refractivity contribution in [2.24, 2.45) is 0 Å². The summed E-state index contributed by atoms with van der Waals surface area (Å²) in [5, 5.41) is 113. The molecule has 0 aliphatic carbocycles. The van der Waals surface area contributed by atoms with Crippen LogP contribution in [0.2, 0.25) is 0 Å². The maximum atomic E-state index is 13.8. The van der Waals surface area contributed by atoms with Crippen LogP contribution in [0.3, 0.4) is 0 Å². The molecular weight excluding hydrogens is 732 g/mol. The number of hydrogen-bond acceptors (Lipinski definition) is 21. The van der Waals surface area contributed by atoms with Crippen LogP contribution in [0.4, 0.5) is 0 Å². The van der Waals surface area contributed by atoms with Gasteiger partial charge in [0, 0.05) is 17.7 Å². The van der Waals surface area contributed by atoms with E-state index in [2.05, 4.69) is 0 Å². The van der Waals surface area contributed by atoms with E-state index in [0.29, 0.717) is 0 Å². The molecule has 0 unspecified atom stereocenters. The Morgan fingerprint density at radius 2 is 1.26 bits per heavy atom. The van der Waals surface area contributed by atoms with E-state index in [4.69, 9.17) is 42.9 Å². The highest BCUT2D eigenvalue weighted by Crippen LogP contribution is 2.38. The van der Waals surface area contributed by atoms with E-state index in [1.807, 2.05) is 0 Å². The molecule has 0 radical (unpaired) electrons. The predicted molar refractivity (Wildman–Crippen MR) is 172 cm³/mol. The summed E-state index contributed by atoms with van der Waals surface area (Å²) >= 11 is 0. The number of aliphatic hydroxyl groups excluding tert-OH is 9. The molecule has 0 amide bonds. The zero-order valence-electron chi connectivity index (χ0n) is 28.3. The van der Waals surface area contributed by atoms with Crippen LogP contribution in [-0.2, 0) is 28.7 Å². The second-order valence-corrected chi connectivity index (χ2v) is 13.0. The molecule has 3 aliphatic heterocycles. The van der Waals surface area contributed by atoms with Crippen LogP contribution < -0.4 is 15.2 Å². The van der Waals surface area contributed by atoms with Crippen LogP contribution in [0.15, 0.2) is 45.6 Å². The Bertz CT molecular complexity index is 1800. The van der Waals surface area contributed by atoms with Crippen molar-refractivity contribution in [1.82, 2.24) is 0 Å². The van der Waals surface area contributed by atoms with Crippen molar-refractivity contribution in [2.75, 3.05) is 6.61 Å². The maximum Gasteiger partial charge on any atom is 0.256 e. The molecule has 298 valence electrons. The van der Waals surface area contributed by atoms with E-state index in [1.165, 1.54) is 38.1 Å². The fraction of sp³-hybridized carbons (Fsp3) is 0.545. The van der Waals surface area contributed by atoms with Gasteiger partial charge in [0.1, 0.15) is 83.5 Å². The van der Waals surface area contributed by atoms with Crippen molar-refractivity contribution in [3.05, 3.63) is 46.6 Å². The van der Waals surface area contributed by atoms with Gasteiger partial charge in [0.2, 0.25) is 18.0 Å². The molecule has 15 atom stereocenters. The van der Waals surface area contributed by atoms with Gasteiger partial charge < -0.3 is 89.3 Å². The highest BCUT2D eigenvalue weighted by molar-refractivity contribution is 5.88. The van der Waals surface area contributed by atoms with E-state index in [1.54, 1.807) is 0 Å². The first-order valence-electron chi connectivity index (χ1n) is 16.6. The van der Waals surface area contributed by atoms with Crippen molar-refractivity contribution in [3.63, 3.8) is 0 Å². The number of aromatic hydroxyl groups is 2. The molecule has 0 saturated carbocycles.